The fraction of sp³-hybridized carbons (Fsp3) is 0.200. The quantitative estimate of drug-likeness (QED) is 0.535. The van der Waals surface area contributed by atoms with E-state index < -0.39 is 17.3 Å². The predicted molar refractivity (Wildman–Crippen MR) is 31.2 cm³/mol. The molecule has 0 bridgehead atoms. The summed E-state index contributed by atoms with van der Waals surface area (Å²) in [6.45, 7) is 1.44. The number of aromatic nitrogens is 2. The summed E-state index contributed by atoms with van der Waals surface area (Å²) in [7, 11) is 0. The number of aromatic amines is 1. The van der Waals surface area contributed by atoms with Crippen molar-refractivity contribution in [1.82, 2.24) is 9.97 Å². The highest BCUT2D eigenvalue weighted by molar-refractivity contribution is 5.08. The van der Waals surface area contributed by atoms with Gasteiger partial charge in [0.1, 0.15) is 5.82 Å². The van der Waals surface area contributed by atoms with E-state index in [-0.39, 0.29) is 5.82 Å². The lowest BCUT2D eigenvalue weighted by Gasteiger charge is -1.93. The molecular weight excluding hydrogens is 139 g/mol. The highest BCUT2D eigenvalue weighted by atomic mass is 19.1. The largest absolute Gasteiger partial charge is 0.491 e. The van der Waals surface area contributed by atoms with E-state index in [9.17, 15) is 9.18 Å². The Labute approximate surface area is 55.4 Å². The molecule has 0 unspecified atom stereocenters. The lowest BCUT2D eigenvalue weighted by Crippen LogP contribution is -2.13. The maximum atomic E-state index is 12.3. The summed E-state index contributed by atoms with van der Waals surface area (Å²) < 4.78 is 12.3. The standard InChI is InChI=1S/C5H5FN2O2/c1-2-7-4(9)3(6)5(10)8-2/h1H3,(H2,7,8,9,10). The first-order chi connectivity index (χ1) is 4.61. The van der Waals surface area contributed by atoms with Gasteiger partial charge in [-0.3, -0.25) is 4.79 Å². The van der Waals surface area contributed by atoms with Crippen molar-refractivity contribution in [3.8, 4) is 5.88 Å². The molecule has 5 heteroatoms. The van der Waals surface area contributed by atoms with E-state index in [1.165, 1.54) is 6.92 Å². The van der Waals surface area contributed by atoms with E-state index in [2.05, 4.69) is 9.97 Å². The molecule has 1 aromatic rings. The number of rotatable bonds is 0. The van der Waals surface area contributed by atoms with Crippen LogP contribution in [-0.2, 0) is 0 Å². The van der Waals surface area contributed by atoms with Crippen molar-refractivity contribution in [1.29, 1.82) is 0 Å². The van der Waals surface area contributed by atoms with Crippen LogP contribution in [0.2, 0.25) is 0 Å². The fourth-order valence-corrected chi connectivity index (χ4v) is 0.557. The van der Waals surface area contributed by atoms with Crippen LogP contribution in [0.1, 0.15) is 5.82 Å². The Kier molecular flexibility index (Phi) is 1.41. The maximum Gasteiger partial charge on any atom is 0.291 e. The SMILES string of the molecule is Cc1nc(O)c(F)c(=O)[nH]1. The molecule has 1 aromatic heterocycles. The number of aromatic hydroxyl groups is 1. The Bertz CT molecular complexity index is 307. The second-order valence-corrected chi connectivity index (χ2v) is 1.79. The molecule has 0 fully saturated rings. The predicted octanol–water partition coefficient (Wildman–Crippen LogP) is -0.0770. The summed E-state index contributed by atoms with van der Waals surface area (Å²) in [5.41, 5.74) is -0.954. The topological polar surface area (TPSA) is 66.0 Å². The third kappa shape index (κ3) is 0.975. The van der Waals surface area contributed by atoms with Gasteiger partial charge in [0.2, 0.25) is 5.82 Å². The minimum atomic E-state index is -1.24. The van der Waals surface area contributed by atoms with E-state index in [4.69, 9.17) is 5.11 Å². The first-order valence-electron chi connectivity index (χ1n) is 2.56. The Morgan fingerprint density at radius 3 is 2.80 bits per heavy atom. The molecule has 0 atom stereocenters. The van der Waals surface area contributed by atoms with Crippen LogP contribution in [0.25, 0.3) is 0 Å². The van der Waals surface area contributed by atoms with Crippen LogP contribution in [-0.4, -0.2) is 15.1 Å². The van der Waals surface area contributed by atoms with Gasteiger partial charge in [-0.2, -0.15) is 9.37 Å². The van der Waals surface area contributed by atoms with Gasteiger partial charge in [0.25, 0.3) is 11.4 Å². The zero-order valence-electron chi connectivity index (χ0n) is 5.18. The van der Waals surface area contributed by atoms with Crippen LogP contribution >= 0.6 is 0 Å². The number of H-pyrrole nitrogens is 1. The molecule has 0 aromatic carbocycles. The van der Waals surface area contributed by atoms with Crippen LogP contribution in [0.3, 0.4) is 0 Å². The molecular formula is C5H5FN2O2. The van der Waals surface area contributed by atoms with Gasteiger partial charge in [-0.25, -0.2) is 0 Å². The molecule has 0 radical (unpaired) electrons. The molecule has 1 heterocycles. The fourth-order valence-electron chi connectivity index (χ4n) is 0.557. The molecule has 1 rings (SSSR count). The highest BCUT2D eigenvalue weighted by Crippen LogP contribution is 2.03. The summed E-state index contributed by atoms with van der Waals surface area (Å²) in [4.78, 5) is 15.8. The first-order valence-corrected chi connectivity index (χ1v) is 2.56. The first kappa shape index (κ1) is 6.73. The second-order valence-electron chi connectivity index (χ2n) is 1.79. The lowest BCUT2D eigenvalue weighted by molar-refractivity contribution is 0.402. The maximum absolute atomic E-state index is 12.3. The van der Waals surface area contributed by atoms with Crippen molar-refractivity contribution in [3.05, 3.63) is 22.0 Å². The number of nitrogens with zero attached hydrogens (tertiary/aromatic N) is 1. The van der Waals surface area contributed by atoms with Gasteiger partial charge in [0, 0.05) is 0 Å². The van der Waals surface area contributed by atoms with Gasteiger partial charge < -0.3 is 10.1 Å². The van der Waals surface area contributed by atoms with Crippen LogP contribution in [0, 0.1) is 12.7 Å². The summed E-state index contributed by atoms with van der Waals surface area (Å²) in [6.07, 6.45) is 0. The smallest absolute Gasteiger partial charge is 0.291 e. The highest BCUT2D eigenvalue weighted by Gasteiger charge is 2.05. The number of hydrogen-bond acceptors (Lipinski definition) is 3. The Morgan fingerprint density at radius 1 is 1.70 bits per heavy atom. The van der Waals surface area contributed by atoms with Crippen molar-refractivity contribution in [3.63, 3.8) is 0 Å². The van der Waals surface area contributed by atoms with Crippen LogP contribution < -0.4 is 5.56 Å². The van der Waals surface area contributed by atoms with Gasteiger partial charge in [-0.05, 0) is 6.92 Å². The zero-order valence-corrected chi connectivity index (χ0v) is 5.18. The molecule has 0 saturated heterocycles. The van der Waals surface area contributed by atoms with Gasteiger partial charge in [-0.1, -0.05) is 0 Å². The van der Waals surface area contributed by atoms with Crippen molar-refractivity contribution < 1.29 is 9.50 Å². The van der Waals surface area contributed by atoms with Crippen molar-refractivity contribution >= 4 is 0 Å². The Morgan fingerprint density at radius 2 is 2.30 bits per heavy atom. The van der Waals surface area contributed by atoms with Crippen LogP contribution in [0.5, 0.6) is 5.88 Å². The number of hydrogen-bond donors (Lipinski definition) is 2. The molecule has 0 aliphatic carbocycles. The van der Waals surface area contributed by atoms with Gasteiger partial charge in [-0.15, -0.1) is 0 Å². The third-order valence-corrected chi connectivity index (χ3v) is 0.964. The van der Waals surface area contributed by atoms with Crippen LogP contribution in [0.15, 0.2) is 4.79 Å². The summed E-state index contributed by atoms with van der Waals surface area (Å²) in [5, 5.41) is 8.57. The summed E-state index contributed by atoms with van der Waals surface area (Å²) >= 11 is 0. The zero-order chi connectivity index (χ0) is 7.72. The van der Waals surface area contributed by atoms with Crippen LogP contribution in [0.4, 0.5) is 4.39 Å². The van der Waals surface area contributed by atoms with E-state index in [0.29, 0.717) is 0 Å². The van der Waals surface area contributed by atoms with E-state index in [0.717, 1.165) is 0 Å². The third-order valence-electron chi connectivity index (χ3n) is 0.964. The molecule has 4 nitrogen and oxygen atoms in total. The molecule has 0 saturated carbocycles. The number of nitrogens with one attached hydrogen (secondary N) is 1. The van der Waals surface area contributed by atoms with Gasteiger partial charge >= 0.3 is 0 Å². The molecule has 0 spiro atoms. The number of aryl methyl sites for hydroxylation is 1. The average Bonchev–Trinajstić information content (AvgIpc) is 1.82. The average molecular weight is 144 g/mol. The lowest BCUT2D eigenvalue weighted by atomic mass is 10.5. The molecule has 0 aliphatic rings. The van der Waals surface area contributed by atoms with E-state index in [1.807, 2.05) is 0 Å². The minimum absolute atomic E-state index is 0.184. The second kappa shape index (κ2) is 2.09. The van der Waals surface area contributed by atoms with Crippen molar-refractivity contribution in [2.45, 2.75) is 6.92 Å². The summed E-state index contributed by atoms with van der Waals surface area (Å²) in [5.74, 6) is -1.92. The van der Waals surface area contributed by atoms with E-state index in [1.54, 1.807) is 0 Å². The van der Waals surface area contributed by atoms with Crippen molar-refractivity contribution in [2.24, 2.45) is 0 Å². The van der Waals surface area contributed by atoms with E-state index >= 15 is 0 Å². The summed E-state index contributed by atoms with van der Waals surface area (Å²) in [6, 6.07) is 0. The normalized spacial score (nSPS) is 9.80. The minimum Gasteiger partial charge on any atom is -0.491 e. The Balaban J connectivity index is 3.46. The Hall–Kier alpha value is -1.39. The molecule has 0 aliphatic heterocycles. The monoisotopic (exact) mass is 144 g/mol. The molecule has 54 valence electrons. The molecule has 2 N–H and O–H groups in total. The van der Waals surface area contributed by atoms with Gasteiger partial charge in [0.05, 0.1) is 0 Å². The molecule has 10 heavy (non-hydrogen) atoms. The number of halogens is 1. The van der Waals surface area contributed by atoms with Crippen molar-refractivity contribution in [2.75, 3.05) is 0 Å². The molecule has 0 amide bonds. The van der Waals surface area contributed by atoms with Gasteiger partial charge in [0.15, 0.2) is 0 Å².